The molecule has 1 unspecified atom stereocenters. The number of methoxy groups -OCH3 is 1. The summed E-state index contributed by atoms with van der Waals surface area (Å²) < 4.78 is 27.1. The maximum atomic E-state index is 13.5. The molecular formula is C31H38N2O11. The van der Waals surface area contributed by atoms with Gasteiger partial charge in [-0.1, -0.05) is 51.1 Å². The molecule has 2 heterocycles. The van der Waals surface area contributed by atoms with Crippen LogP contribution in [0.15, 0.2) is 42.6 Å². The van der Waals surface area contributed by atoms with Gasteiger partial charge in [-0.3, -0.25) is 19.2 Å². The molecule has 1 aliphatic rings. The zero-order valence-corrected chi connectivity index (χ0v) is 25.3. The number of nitrogens with zero attached hydrogens (tertiary/aromatic N) is 1. The molecule has 0 spiro atoms. The van der Waals surface area contributed by atoms with Crippen molar-refractivity contribution in [1.82, 2.24) is 10.3 Å². The summed E-state index contributed by atoms with van der Waals surface area (Å²) in [6.45, 7) is 5.32. The number of pyridine rings is 1. The lowest BCUT2D eigenvalue weighted by molar-refractivity contribution is -0.155. The highest BCUT2D eigenvalue weighted by Gasteiger charge is 2.41. The zero-order valence-electron chi connectivity index (χ0n) is 25.3. The predicted octanol–water partition coefficient (Wildman–Crippen LogP) is 2.80. The van der Waals surface area contributed by atoms with E-state index in [0.29, 0.717) is 0 Å². The van der Waals surface area contributed by atoms with E-state index in [-0.39, 0.29) is 30.0 Å². The number of aliphatic carboxylic acids is 1. The minimum atomic E-state index is -1.43. The molecule has 238 valence electrons. The van der Waals surface area contributed by atoms with Crippen molar-refractivity contribution in [3.8, 4) is 11.5 Å². The fourth-order valence-electron chi connectivity index (χ4n) is 4.70. The van der Waals surface area contributed by atoms with Crippen molar-refractivity contribution in [1.29, 1.82) is 0 Å². The van der Waals surface area contributed by atoms with Gasteiger partial charge in [0.2, 0.25) is 6.79 Å². The lowest BCUT2D eigenvalue weighted by Gasteiger charge is -2.30. The summed E-state index contributed by atoms with van der Waals surface area (Å²) >= 11 is 0. The second kappa shape index (κ2) is 15.7. The number of carbonyl (C=O) groups excluding carboxylic acids is 4. The van der Waals surface area contributed by atoms with Crippen molar-refractivity contribution >= 4 is 29.8 Å². The molecular weight excluding hydrogens is 576 g/mol. The fourth-order valence-corrected chi connectivity index (χ4v) is 4.70. The summed E-state index contributed by atoms with van der Waals surface area (Å²) in [5.41, 5.74) is 0.535. The molecule has 2 aromatic rings. The van der Waals surface area contributed by atoms with E-state index in [1.54, 1.807) is 20.8 Å². The van der Waals surface area contributed by atoms with Crippen molar-refractivity contribution in [2.24, 2.45) is 23.7 Å². The standard InChI is InChI=1S/C31H38N2O11/c1-17(2)29(37)43-16-42-26-24(40-5)11-12-32-25(26)27(34)33-23-15-41-30(38)22(14-20-9-7-6-8-10-20)21(13-18(3)28(35)36)19(4)44-31(23)39/h6-12,17-19,21-23H,13-16H2,1-5H3,(H,33,34)(H,35,36)/t18?,19-,21-,22+,23-/m0/s1. The van der Waals surface area contributed by atoms with Gasteiger partial charge in [0.1, 0.15) is 12.7 Å². The number of carboxylic acid groups (broad SMARTS) is 1. The summed E-state index contributed by atoms with van der Waals surface area (Å²) in [6, 6.07) is 9.14. The van der Waals surface area contributed by atoms with E-state index in [4.69, 9.17) is 23.7 Å². The summed E-state index contributed by atoms with van der Waals surface area (Å²) in [7, 11) is 1.34. The van der Waals surface area contributed by atoms with E-state index in [0.717, 1.165) is 5.56 Å². The molecule has 5 atom stereocenters. The topological polar surface area (TPSA) is 177 Å². The summed E-state index contributed by atoms with van der Waals surface area (Å²) in [6.07, 6.45) is 0.661. The maximum Gasteiger partial charge on any atom is 0.332 e. The number of benzene rings is 1. The van der Waals surface area contributed by atoms with Gasteiger partial charge in [0, 0.05) is 18.2 Å². The first-order valence-electron chi connectivity index (χ1n) is 14.2. The molecule has 1 saturated heterocycles. The van der Waals surface area contributed by atoms with Crippen LogP contribution >= 0.6 is 0 Å². The minimum Gasteiger partial charge on any atom is -0.493 e. The van der Waals surface area contributed by atoms with Crippen LogP contribution in [-0.2, 0) is 39.8 Å². The number of ether oxygens (including phenoxy) is 5. The van der Waals surface area contributed by atoms with Crippen LogP contribution in [0.5, 0.6) is 11.5 Å². The molecule has 1 aliphatic heterocycles. The Labute approximate surface area is 255 Å². The first-order chi connectivity index (χ1) is 20.9. The van der Waals surface area contributed by atoms with Crippen LogP contribution in [0.3, 0.4) is 0 Å². The highest BCUT2D eigenvalue weighted by molar-refractivity contribution is 5.98. The van der Waals surface area contributed by atoms with Gasteiger partial charge in [0.05, 0.1) is 24.9 Å². The molecule has 1 fully saturated rings. The van der Waals surface area contributed by atoms with E-state index in [1.807, 2.05) is 30.3 Å². The molecule has 3 rings (SSSR count). The van der Waals surface area contributed by atoms with E-state index in [9.17, 15) is 29.1 Å². The van der Waals surface area contributed by atoms with Gasteiger partial charge in [-0.15, -0.1) is 0 Å². The highest BCUT2D eigenvalue weighted by Crippen LogP contribution is 2.32. The third-order valence-electron chi connectivity index (χ3n) is 7.23. The summed E-state index contributed by atoms with van der Waals surface area (Å²) in [5, 5.41) is 12.0. The number of carboxylic acids is 1. The van der Waals surface area contributed by atoms with Crippen molar-refractivity contribution in [3.05, 3.63) is 53.9 Å². The second-order valence-corrected chi connectivity index (χ2v) is 10.8. The Morgan fingerprint density at radius 2 is 1.80 bits per heavy atom. The molecule has 1 amide bonds. The SMILES string of the molecule is COc1ccnc(C(=O)N[C@H]2COC(=O)[C@H](Cc3ccccc3)[C@@H](CC(C)C(=O)O)[C@H](C)OC2=O)c1OCOC(=O)C(C)C. The number of cyclic esters (lactones) is 2. The Morgan fingerprint density at radius 3 is 2.43 bits per heavy atom. The summed E-state index contributed by atoms with van der Waals surface area (Å²) in [5.74, 6) is -6.79. The number of esters is 3. The van der Waals surface area contributed by atoms with Crippen molar-refractivity contribution in [3.63, 3.8) is 0 Å². The lowest BCUT2D eigenvalue weighted by Crippen LogP contribution is -2.46. The van der Waals surface area contributed by atoms with Crippen molar-refractivity contribution in [2.45, 2.75) is 52.7 Å². The molecule has 2 N–H and O–H groups in total. The molecule has 0 aliphatic carbocycles. The molecule has 0 saturated carbocycles. The second-order valence-electron chi connectivity index (χ2n) is 10.8. The van der Waals surface area contributed by atoms with E-state index >= 15 is 0 Å². The smallest absolute Gasteiger partial charge is 0.332 e. The largest absolute Gasteiger partial charge is 0.493 e. The monoisotopic (exact) mass is 614 g/mol. The number of carbonyl (C=O) groups is 5. The Morgan fingerprint density at radius 1 is 1.09 bits per heavy atom. The number of rotatable bonds is 12. The number of aromatic nitrogens is 1. The fraction of sp³-hybridized carbons (Fsp3) is 0.484. The molecule has 13 nitrogen and oxygen atoms in total. The normalized spacial score (nSPS) is 21.0. The van der Waals surface area contributed by atoms with Crippen LogP contribution in [-0.4, -0.2) is 72.5 Å². The van der Waals surface area contributed by atoms with E-state index in [1.165, 1.54) is 26.3 Å². The van der Waals surface area contributed by atoms with Crippen LogP contribution in [0, 0.1) is 23.7 Å². The highest BCUT2D eigenvalue weighted by atomic mass is 16.7. The first-order valence-corrected chi connectivity index (χ1v) is 14.2. The average Bonchev–Trinajstić information content (AvgIpc) is 3.03. The first kappa shape index (κ1) is 33.8. The van der Waals surface area contributed by atoms with E-state index in [2.05, 4.69) is 10.3 Å². The van der Waals surface area contributed by atoms with Gasteiger partial charge in [0.15, 0.2) is 23.2 Å². The Kier molecular flexibility index (Phi) is 12.1. The van der Waals surface area contributed by atoms with Gasteiger partial charge in [-0.05, 0) is 25.3 Å². The number of nitrogens with one attached hydrogen (secondary N) is 1. The molecule has 1 aromatic carbocycles. The maximum absolute atomic E-state index is 13.5. The quantitative estimate of drug-likeness (QED) is 0.203. The van der Waals surface area contributed by atoms with Gasteiger partial charge in [0.25, 0.3) is 5.91 Å². The third kappa shape index (κ3) is 8.91. The molecule has 44 heavy (non-hydrogen) atoms. The number of hydrogen-bond donors (Lipinski definition) is 2. The van der Waals surface area contributed by atoms with Gasteiger partial charge >= 0.3 is 23.9 Å². The summed E-state index contributed by atoms with van der Waals surface area (Å²) in [4.78, 5) is 67.7. The molecule has 13 heteroatoms. The molecule has 1 aromatic heterocycles. The van der Waals surface area contributed by atoms with Crippen LogP contribution < -0.4 is 14.8 Å². The van der Waals surface area contributed by atoms with Gasteiger partial charge < -0.3 is 34.1 Å². The van der Waals surface area contributed by atoms with Gasteiger partial charge in [-0.25, -0.2) is 9.78 Å². The Balaban J connectivity index is 1.85. The van der Waals surface area contributed by atoms with Crippen molar-refractivity contribution < 1.29 is 52.8 Å². The predicted molar refractivity (Wildman–Crippen MR) is 154 cm³/mol. The molecule has 0 bridgehead atoms. The minimum absolute atomic E-state index is 0.0449. The zero-order chi connectivity index (χ0) is 32.4. The van der Waals surface area contributed by atoms with Crippen LogP contribution in [0.25, 0.3) is 0 Å². The van der Waals surface area contributed by atoms with Crippen LogP contribution in [0.4, 0.5) is 0 Å². The van der Waals surface area contributed by atoms with Crippen LogP contribution in [0.1, 0.15) is 50.2 Å². The Bertz CT molecular complexity index is 1330. The Hall–Kier alpha value is -4.68. The van der Waals surface area contributed by atoms with Crippen molar-refractivity contribution in [2.75, 3.05) is 20.5 Å². The average molecular weight is 615 g/mol. The number of hydrogen-bond acceptors (Lipinski definition) is 11. The molecule has 0 radical (unpaired) electrons. The number of amides is 1. The van der Waals surface area contributed by atoms with E-state index < -0.39 is 79.0 Å². The van der Waals surface area contributed by atoms with Gasteiger partial charge in [-0.2, -0.15) is 0 Å². The third-order valence-corrected chi connectivity index (χ3v) is 7.23. The van der Waals surface area contributed by atoms with Crippen LogP contribution in [0.2, 0.25) is 0 Å². The lowest BCUT2D eigenvalue weighted by atomic mass is 9.78.